The maximum atomic E-state index is 11.6. The van der Waals surface area contributed by atoms with Gasteiger partial charge in [0.2, 0.25) is 0 Å². The van der Waals surface area contributed by atoms with Crippen molar-refractivity contribution in [3.05, 3.63) is 34.7 Å². The van der Waals surface area contributed by atoms with E-state index in [2.05, 4.69) is 31.0 Å². The highest BCUT2D eigenvalue weighted by molar-refractivity contribution is 4.94. The van der Waals surface area contributed by atoms with Crippen LogP contribution in [0, 0.1) is 0 Å². The number of hydrogen-bond donors (Lipinski definition) is 1. The third kappa shape index (κ3) is 3.21. The average molecular weight is 249 g/mol. The van der Waals surface area contributed by atoms with Crippen molar-refractivity contribution < 1.29 is 0 Å². The highest BCUT2D eigenvalue weighted by atomic mass is 16.1. The molecular weight excluding hydrogens is 226 g/mol. The number of rotatable bonds is 3. The molecule has 0 saturated carbocycles. The second-order valence-corrected chi connectivity index (χ2v) is 5.82. The van der Waals surface area contributed by atoms with Crippen LogP contribution < -0.4 is 10.9 Å². The van der Waals surface area contributed by atoms with E-state index in [1.165, 1.54) is 0 Å². The molecule has 1 fully saturated rings. The lowest BCUT2D eigenvalue weighted by atomic mass is 9.99. The van der Waals surface area contributed by atoms with Crippen molar-refractivity contribution in [3.63, 3.8) is 0 Å². The molecule has 0 radical (unpaired) electrons. The minimum atomic E-state index is 0.0829. The Kier molecular flexibility index (Phi) is 3.88. The second kappa shape index (κ2) is 5.24. The summed E-state index contributed by atoms with van der Waals surface area (Å²) < 4.78 is 1.78. The summed E-state index contributed by atoms with van der Waals surface area (Å²) in [6, 6.07) is 5.84. The molecule has 1 N–H and O–H groups in total. The molecule has 0 amide bonds. The zero-order valence-electron chi connectivity index (χ0n) is 11.5. The fourth-order valence-electron chi connectivity index (χ4n) is 2.45. The van der Waals surface area contributed by atoms with E-state index in [9.17, 15) is 4.79 Å². The van der Waals surface area contributed by atoms with Crippen molar-refractivity contribution >= 4 is 0 Å². The highest BCUT2D eigenvalue weighted by Gasteiger charge is 2.29. The lowest BCUT2D eigenvalue weighted by molar-refractivity contribution is 0.101. The van der Waals surface area contributed by atoms with Crippen molar-refractivity contribution in [2.45, 2.75) is 38.9 Å². The minimum absolute atomic E-state index is 0.0829. The predicted molar refractivity (Wildman–Crippen MR) is 73.8 cm³/mol. The zero-order valence-corrected chi connectivity index (χ0v) is 11.5. The van der Waals surface area contributed by atoms with E-state index in [0.29, 0.717) is 6.04 Å². The largest absolute Gasteiger partial charge is 0.314 e. The Balaban J connectivity index is 1.97. The molecule has 0 aromatic carbocycles. The minimum Gasteiger partial charge on any atom is -0.314 e. The first kappa shape index (κ1) is 13.3. The van der Waals surface area contributed by atoms with Crippen molar-refractivity contribution in [2.24, 2.45) is 0 Å². The molecule has 4 nitrogen and oxygen atoms in total. The third-order valence-corrected chi connectivity index (χ3v) is 3.62. The first-order chi connectivity index (χ1) is 8.48. The summed E-state index contributed by atoms with van der Waals surface area (Å²) in [4.78, 5) is 14.1. The normalized spacial score (nSPS) is 24.1. The van der Waals surface area contributed by atoms with E-state index < -0.39 is 0 Å². The lowest BCUT2D eigenvalue weighted by Gasteiger charge is -2.43. The standard InChI is InChI=1S/C14H23N3O/c1-12-10-15-14(2,3)11-17(12)9-8-16-7-5-4-6-13(16)18/h4-7,12,15H,8-11H2,1-3H3. The molecule has 1 unspecified atom stereocenters. The van der Waals surface area contributed by atoms with Gasteiger partial charge in [0.15, 0.2) is 0 Å². The van der Waals surface area contributed by atoms with Crippen LogP contribution >= 0.6 is 0 Å². The summed E-state index contributed by atoms with van der Waals surface area (Å²) in [6.45, 7) is 10.4. The highest BCUT2D eigenvalue weighted by Crippen LogP contribution is 2.14. The lowest BCUT2D eigenvalue weighted by Crippen LogP contribution is -2.61. The van der Waals surface area contributed by atoms with Crippen molar-refractivity contribution in [1.82, 2.24) is 14.8 Å². The summed E-state index contributed by atoms with van der Waals surface area (Å²) in [5.74, 6) is 0. The molecule has 1 aliphatic heterocycles. The fourth-order valence-corrected chi connectivity index (χ4v) is 2.45. The third-order valence-electron chi connectivity index (χ3n) is 3.62. The van der Waals surface area contributed by atoms with E-state index in [0.717, 1.165) is 26.2 Å². The Bertz CT molecular complexity index is 452. The molecule has 1 aromatic heterocycles. The first-order valence-corrected chi connectivity index (χ1v) is 6.62. The molecule has 18 heavy (non-hydrogen) atoms. The first-order valence-electron chi connectivity index (χ1n) is 6.62. The smallest absolute Gasteiger partial charge is 0.250 e. The van der Waals surface area contributed by atoms with Gasteiger partial charge in [-0.25, -0.2) is 0 Å². The Labute approximate surface area is 109 Å². The summed E-state index contributed by atoms with van der Waals surface area (Å²) in [7, 11) is 0. The van der Waals surface area contributed by atoms with Gasteiger partial charge in [0.25, 0.3) is 5.56 Å². The van der Waals surface area contributed by atoms with Gasteiger partial charge >= 0.3 is 0 Å². The van der Waals surface area contributed by atoms with Crippen LogP contribution in [0.5, 0.6) is 0 Å². The molecule has 0 aliphatic carbocycles. The molecule has 2 rings (SSSR count). The second-order valence-electron chi connectivity index (χ2n) is 5.82. The predicted octanol–water partition coefficient (Wildman–Crippen LogP) is 0.921. The number of hydrogen-bond acceptors (Lipinski definition) is 3. The molecule has 0 spiro atoms. The van der Waals surface area contributed by atoms with Gasteiger partial charge in [0, 0.05) is 50.0 Å². The topological polar surface area (TPSA) is 37.3 Å². The summed E-state index contributed by atoms with van der Waals surface area (Å²) in [6.07, 6.45) is 1.86. The molecule has 100 valence electrons. The molecule has 1 atom stereocenters. The van der Waals surface area contributed by atoms with Gasteiger partial charge in [0.05, 0.1) is 0 Å². The monoisotopic (exact) mass is 249 g/mol. The van der Waals surface area contributed by atoms with E-state index in [1.54, 1.807) is 16.7 Å². The van der Waals surface area contributed by atoms with Crippen molar-refractivity contribution in [2.75, 3.05) is 19.6 Å². The summed E-state index contributed by atoms with van der Waals surface area (Å²) in [5, 5.41) is 3.54. The van der Waals surface area contributed by atoms with Gasteiger partial charge in [-0.1, -0.05) is 6.07 Å². The zero-order chi connectivity index (χ0) is 13.2. The van der Waals surface area contributed by atoms with Crippen LogP contribution in [0.25, 0.3) is 0 Å². The van der Waals surface area contributed by atoms with E-state index in [-0.39, 0.29) is 11.1 Å². The van der Waals surface area contributed by atoms with Gasteiger partial charge in [-0.15, -0.1) is 0 Å². The maximum Gasteiger partial charge on any atom is 0.250 e. The molecule has 0 bridgehead atoms. The van der Waals surface area contributed by atoms with Crippen LogP contribution in [-0.2, 0) is 6.54 Å². The van der Waals surface area contributed by atoms with Crippen LogP contribution in [0.4, 0.5) is 0 Å². The van der Waals surface area contributed by atoms with Crippen LogP contribution in [-0.4, -0.2) is 40.7 Å². The van der Waals surface area contributed by atoms with Gasteiger partial charge in [-0.2, -0.15) is 0 Å². The molecule has 1 saturated heterocycles. The van der Waals surface area contributed by atoms with Crippen molar-refractivity contribution in [3.8, 4) is 0 Å². The fraction of sp³-hybridized carbons (Fsp3) is 0.643. The quantitative estimate of drug-likeness (QED) is 0.865. The molecule has 1 aromatic rings. The number of nitrogens with zero attached hydrogens (tertiary/aromatic N) is 2. The number of nitrogens with one attached hydrogen (secondary N) is 1. The van der Waals surface area contributed by atoms with Crippen LogP contribution in [0.3, 0.4) is 0 Å². The van der Waals surface area contributed by atoms with E-state index in [4.69, 9.17) is 0 Å². The van der Waals surface area contributed by atoms with E-state index in [1.807, 2.05) is 12.3 Å². The Morgan fingerprint density at radius 1 is 1.39 bits per heavy atom. The molecule has 4 heteroatoms. The van der Waals surface area contributed by atoms with E-state index >= 15 is 0 Å². The Morgan fingerprint density at radius 2 is 2.17 bits per heavy atom. The molecule has 2 heterocycles. The van der Waals surface area contributed by atoms with Gasteiger partial charge in [0.1, 0.15) is 0 Å². The summed E-state index contributed by atoms with van der Waals surface area (Å²) >= 11 is 0. The maximum absolute atomic E-state index is 11.6. The van der Waals surface area contributed by atoms with Gasteiger partial charge in [-0.05, 0) is 26.8 Å². The average Bonchev–Trinajstić information content (AvgIpc) is 2.32. The summed E-state index contributed by atoms with van der Waals surface area (Å²) in [5.41, 5.74) is 0.244. The Hall–Kier alpha value is -1.13. The number of aromatic nitrogens is 1. The van der Waals surface area contributed by atoms with Gasteiger partial charge in [-0.3, -0.25) is 9.69 Å². The number of piperazine rings is 1. The van der Waals surface area contributed by atoms with Crippen LogP contribution in [0.15, 0.2) is 29.2 Å². The molecular formula is C14H23N3O. The molecule has 1 aliphatic rings. The SMILES string of the molecule is CC1CNC(C)(C)CN1CCn1ccccc1=O. The van der Waals surface area contributed by atoms with Crippen LogP contribution in [0.2, 0.25) is 0 Å². The van der Waals surface area contributed by atoms with Crippen LogP contribution in [0.1, 0.15) is 20.8 Å². The van der Waals surface area contributed by atoms with Gasteiger partial charge < -0.3 is 9.88 Å². The van der Waals surface area contributed by atoms with Crippen molar-refractivity contribution in [1.29, 1.82) is 0 Å². The number of pyridine rings is 1. The Morgan fingerprint density at radius 3 is 2.89 bits per heavy atom.